The topological polar surface area (TPSA) is 83.9 Å². The fourth-order valence-corrected chi connectivity index (χ4v) is 3.61. The molecule has 1 fully saturated rings. The second kappa shape index (κ2) is 6.93. The first-order valence-electron chi connectivity index (χ1n) is 8.74. The van der Waals surface area contributed by atoms with Crippen LogP contribution in [0.1, 0.15) is 36.2 Å². The molecular formula is C20H17ClN4O2. The molecule has 1 aliphatic rings. The lowest BCUT2D eigenvalue weighted by Crippen LogP contribution is -2.45. The fraction of sp³-hybridized carbons (Fsp3) is 0.250. The minimum atomic E-state index is -0.804. The van der Waals surface area contributed by atoms with Crippen molar-refractivity contribution in [2.24, 2.45) is 0 Å². The number of amides is 1. The van der Waals surface area contributed by atoms with Crippen LogP contribution in [0, 0.1) is 11.3 Å². The Balaban J connectivity index is 1.73. The number of hydrogen-bond acceptors (Lipinski definition) is 4. The molecule has 7 heteroatoms. The van der Waals surface area contributed by atoms with Crippen molar-refractivity contribution in [2.75, 3.05) is 0 Å². The van der Waals surface area contributed by atoms with Crippen molar-refractivity contribution in [3.8, 4) is 23.2 Å². The maximum Gasteiger partial charge on any atom is 0.273 e. The van der Waals surface area contributed by atoms with Crippen LogP contribution in [0.2, 0.25) is 5.02 Å². The quantitative estimate of drug-likeness (QED) is 0.729. The maximum atomic E-state index is 12.8. The molecule has 27 heavy (non-hydrogen) atoms. The Labute approximate surface area is 161 Å². The first kappa shape index (κ1) is 17.4. The van der Waals surface area contributed by atoms with Gasteiger partial charge in [0.05, 0.1) is 18.0 Å². The molecule has 1 saturated carbocycles. The summed E-state index contributed by atoms with van der Waals surface area (Å²) in [5, 5.41) is 17.4. The molecule has 3 aromatic rings. The molecule has 1 aromatic carbocycles. The number of aromatic nitrogens is 2. The van der Waals surface area contributed by atoms with Gasteiger partial charge in [-0.1, -0.05) is 17.7 Å². The number of carbonyl (C=O) groups excluding carboxylic acids is 1. The molecule has 0 radical (unpaired) electrons. The van der Waals surface area contributed by atoms with Crippen molar-refractivity contribution in [2.45, 2.75) is 31.2 Å². The van der Waals surface area contributed by atoms with E-state index < -0.39 is 5.54 Å². The second-order valence-corrected chi connectivity index (χ2v) is 7.08. The lowest BCUT2D eigenvalue weighted by Gasteiger charge is -2.21. The Morgan fingerprint density at radius 1 is 1.26 bits per heavy atom. The zero-order chi connectivity index (χ0) is 18.9. The van der Waals surface area contributed by atoms with Gasteiger partial charge in [0.1, 0.15) is 11.2 Å². The fourth-order valence-electron chi connectivity index (χ4n) is 3.42. The van der Waals surface area contributed by atoms with E-state index in [0.717, 1.165) is 12.8 Å². The highest BCUT2D eigenvalue weighted by Gasteiger charge is 2.36. The van der Waals surface area contributed by atoms with Crippen LogP contribution in [0.4, 0.5) is 0 Å². The van der Waals surface area contributed by atoms with Gasteiger partial charge in [0.2, 0.25) is 0 Å². The molecule has 0 unspecified atom stereocenters. The molecule has 0 bridgehead atoms. The summed E-state index contributed by atoms with van der Waals surface area (Å²) in [6.45, 7) is 0. The Morgan fingerprint density at radius 3 is 2.74 bits per heavy atom. The average molecular weight is 381 g/mol. The van der Waals surface area contributed by atoms with E-state index in [0.29, 0.717) is 35.0 Å². The number of nitrogens with zero attached hydrogens (tertiary/aromatic N) is 3. The molecule has 1 amide bonds. The van der Waals surface area contributed by atoms with Gasteiger partial charge in [-0.15, -0.1) is 0 Å². The van der Waals surface area contributed by atoms with Gasteiger partial charge in [-0.25, -0.2) is 4.68 Å². The van der Waals surface area contributed by atoms with Crippen LogP contribution in [0.5, 0.6) is 0 Å². The molecular weight excluding hydrogens is 364 g/mol. The first-order valence-corrected chi connectivity index (χ1v) is 9.12. The SMILES string of the molecule is N#CC1(NC(=O)c2cc(-c3ccco3)n(-c3cccc(Cl)c3)n2)CCCC1. The molecule has 1 N–H and O–H groups in total. The molecule has 0 aliphatic heterocycles. The number of carbonyl (C=O) groups is 1. The van der Waals surface area contributed by atoms with Crippen molar-refractivity contribution in [1.82, 2.24) is 15.1 Å². The van der Waals surface area contributed by atoms with E-state index in [2.05, 4.69) is 16.5 Å². The Kier molecular flexibility index (Phi) is 4.46. The summed E-state index contributed by atoms with van der Waals surface area (Å²) in [4.78, 5) is 12.8. The number of nitriles is 1. The van der Waals surface area contributed by atoms with Gasteiger partial charge in [-0.2, -0.15) is 10.4 Å². The number of halogens is 1. The summed E-state index contributed by atoms with van der Waals surface area (Å²) >= 11 is 6.11. The van der Waals surface area contributed by atoms with Gasteiger partial charge in [-0.3, -0.25) is 4.79 Å². The van der Waals surface area contributed by atoms with Gasteiger partial charge < -0.3 is 9.73 Å². The molecule has 4 rings (SSSR count). The molecule has 0 saturated heterocycles. The van der Waals surface area contributed by atoms with E-state index >= 15 is 0 Å². The number of furan rings is 1. The normalized spacial score (nSPS) is 15.4. The van der Waals surface area contributed by atoms with Crippen LogP contribution in [0.15, 0.2) is 53.1 Å². The van der Waals surface area contributed by atoms with Crippen LogP contribution in [-0.2, 0) is 0 Å². The molecule has 2 heterocycles. The van der Waals surface area contributed by atoms with Crippen LogP contribution in [0.25, 0.3) is 17.1 Å². The maximum absolute atomic E-state index is 12.8. The largest absolute Gasteiger partial charge is 0.463 e. The van der Waals surface area contributed by atoms with Crippen LogP contribution in [-0.4, -0.2) is 21.2 Å². The van der Waals surface area contributed by atoms with Crippen molar-refractivity contribution in [3.05, 3.63) is 59.4 Å². The lowest BCUT2D eigenvalue weighted by atomic mass is 10.00. The molecule has 136 valence electrons. The first-order chi connectivity index (χ1) is 13.1. The highest BCUT2D eigenvalue weighted by atomic mass is 35.5. The monoisotopic (exact) mass is 380 g/mol. The predicted molar refractivity (Wildman–Crippen MR) is 101 cm³/mol. The Morgan fingerprint density at radius 2 is 2.07 bits per heavy atom. The summed E-state index contributed by atoms with van der Waals surface area (Å²) in [7, 11) is 0. The summed E-state index contributed by atoms with van der Waals surface area (Å²) in [6.07, 6.45) is 4.75. The summed E-state index contributed by atoms with van der Waals surface area (Å²) in [6, 6.07) is 14.7. The molecule has 1 aliphatic carbocycles. The van der Waals surface area contributed by atoms with Gasteiger partial charge >= 0.3 is 0 Å². The third kappa shape index (κ3) is 3.34. The van der Waals surface area contributed by atoms with E-state index in [1.807, 2.05) is 12.1 Å². The zero-order valence-corrected chi connectivity index (χ0v) is 15.2. The van der Waals surface area contributed by atoms with Crippen molar-refractivity contribution in [1.29, 1.82) is 5.26 Å². The molecule has 2 aromatic heterocycles. The second-order valence-electron chi connectivity index (χ2n) is 6.64. The summed E-state index contributed by atoms with van der Waals surface area (Å²) in [5.74, 6) is 0.212. The van der Waals surface area contributed by atoms with E-state index in [1.165, 1.54) is 0 Å². The van der Waals surface area contributed by atoms with Crippen LogP contribution in [0.3, 0.4) is 0 Å². The van der Waals surface area contributed by atoms with E-state index in [4.69, 9.17) is 16.0 Å². The Bertz CT molecular complexity index is 1010. The third-order valence-electron chi connectivity index (χ3n) is 4.79. The average Bonchev–Trinajstić information content (AvgIpc) is 3.41. The van der Waals surface area contributed by atoms with Gasteiger partial charge in [-0.05, 0) is 56.0 Å². The summed E-state index contributed by atoms with van der Waals surface area (Å²) in [5.41, 5.74) is 0.762. The van der Waals surface area contributed by atoms with E-state index in [1.54, 1.807) is 41.3 Å². The van der Waals surface area contributed by atoms with Gasteiger partial charge in [0.15, 0.2) is 11.5 Å². The summed E-state index contributed by atoms with van der Waals surface area (Å²) < 4.78 is 7.12. The molecule has 0 atom stereocenters. The predicted octanol–water partition coefficient (Wildman–Crippen LogP) is 4.35. The number of benzene rings is 1. The zero-order valence-electron chi connectivity index (χ0n) is 14.5. The number of rotatable bonds is 4. The number of nitrogens with one attached hydrogen (secondary N) is 1. The Hall–Kier alpha value is -3.04. The van der Waals surface area contributed by atoms with Gasteiger partial charge in [0, 0.05) is 11.1 Å². The minimum absolute atomic E-state index is 0.225. The highest BCUT2D eigenvalue weighted by molar-refractivity contribution is 6.30. The lowest BCUT2D eigenvalue weighted by molar-refractivity contribution is 0.0915. The van der Waals surface area contributed by atoms with Crippen molar-refractivity contribution < 1.29 is 9.21 Å². The highest BCUT2D eigenvalue weighted by Crippen LogP contribution is 2.30. The van der Waals surface area contributed by atoms with Crippen molar-refractivity contribution >= 4 is 17.5 Å². The van der Waals surface area contributed by atoms with Crippen LogP contribution >= 0.6 is 11.6 Å². The third-order valence-corrected chi connectivity index (χ3v) is 5.03. The number of hydrogen-bond donors (Lipinski definition) is 1. The minimum Gasteiger partial charge on any atom is -0.463 e. The van der Waals surface area contributed by atoms with Gasteiger partial charge in [0.25, 0.3) is 5.91 Å². The van der Waals surface area contributed by atoms with E-state index in [9.17, 15) is 10.1 Å². The smallest absolute Gasteiger partial charge is 0.273 e. The standard InChI is InChI=1S/C20H17ClN4O2/c21-14-5-3-6-15(11-14)25-17(18-7-4-10-27-18)12-16(24-25)19(26)23-20(13-22)8-1-2-9-20/h3-7,10-12H,1-2,8-9H2,(H,23,26). The van der Waals surface area contributed by atoms with E-state index in [-0.39, 0.29) is 11.6 Å². The van der Waals surface area contributed by atoms with Crippen LogP contribution < -0.4 is 5.32 Å². The van der Waals surface area contributed by atoms with Crippen molar-refractivity contribution in [3.63, 3.8) is 0 Å². The molecule has 0 spiro atoms. The molecule has 6 nitrogen and oxygen atoms in total.